The Bertz CT molecular complexity index is 1050. The minimum Gasteiger partial charge on any atom is -0.497 e. The lowest BCUT2D eigenvalue weighted by Crippen LogP contribution is -2.41. The van der Waals surface area contributed by atoms with E-state index in [1.165, 1.54) is 17.4 Å². The molecule has 31 heavy (non-hydrogen) atoms. The van der Waals surface area contributed by atoms with Gasteiger partial charge in [-0.15, -0.1) is 10.2 Å². The first-order valence-electron chi connectivity index (χ1n) is 9.94. The lowest BCUT2D eigenvalue weighted by atomic mass is 9.99. The first-order chi connectivity index (χ1) is 15.1. The van der Waals surface area contributed by atoms with Crippen LogP contribution in [0.1, 0.15) is 23.8 Å². The van der Waals surface area contributed by atoms with Gasteiger partial charge in [-0.25, -0.2) is 9.18 Å². The van der Waals surface area contributed by atoms with Gasteiger partial charge in [-0.1, -0.05) is 23.5 Å². The summed E-state index contributed by atoms with van der Waals surface area (Å²) >= 11 is 1.38. The summed E-state index contributed by atoms with van der Waals surface area (Å²) in [7, 11) is 3.13. The third kappa shape index (κ3) is 4.77. The van der Waals surface area contributed by atoms with Crippen molar-refractivity contribution in [3.05, 3.63) is 53.3 Å². The Hall–Kier alpha value is -3.20. The first kappa shape index (κ1) is 21.0. The van der Waals surface area contributed by atoms with Crippen molar-refractivity contribution >= 4 is 23.1 Å². The summed E-state index contributed by atoms with van der Waals surface area (Å²) in [6, 6.07) is 11.6. The summed E-state index contributed by atoms with van der Waals surface area (Å²) in [5.41, 5.74) is 1.05. The number of anilines is 1. The molecule has 0 saturated carbocycles. The summed E-state index contributed by atoms with van der Waals surface area (Å²) in [6.45, 7) is 1.18. The highest BCUT2D eigenvalue weighted by atomic mass is 32.1. The number of ether oxygens (including phenoxy) is 2. The average molecular weight is 443 g/mol. The number of methoxy groups -OCH3 is 2. The van der Waals surface area contributed by atoms with E-state index < -0.39 is 0 Å². The Morgan fingerprint density at radius 3 is 2.61 bits per heavy atom. The number of nitrogens with zero attached hydrogens (tertiary/aromatic N) is 3. The van der Waals surface area contributed by atoms with Gasteiger partial charge in [0.15, 0.2) is 5.01 Å². The molecule has 0 spiro atoms. The maximum atomic E-state index is 14.1. The Kier molecular flexibility index (Phi) is 6.31. The van der Waals surface area contributed by atoms with Crippen molar-refractivity contribution in [3.63, 3.8) is 0 Å². The van der Waals surface area contributed by atoms with Crippen LogP contribution in [0.3, 0.4) is 0 Å². The Labute approximate surface area is 183 Å². The Balaban J connectivity index is 1.45. The van der Waals surface area contributed by atoms with Gasteiger partial charge < -0.3 is 19.7 Å². The van der Waals surface area contributed by atoms with Crippen LogP contribution in [0.5, 0.6) is 11.5 Å². The van der Waals surface area contributed by atoms with E-state index in [0.717, 1.165) is 17.8 Å². The number of amides is 2. The number of carbonyl (C=O) groups is 1. The molecule has 4 rings (SSSR count). The van der Waals surface area contributed by atoms with Gasteiger partial charge in [-0.05, 0) is 25.0 Å². The van der Waals surface area contributed by atoms with Crippen LogP contribution in [0.4, 0.5) is 14.9 Å². The number of benzene rings is 2. The lowest BCUT2D eigenvalue weighted by molar-refractivity contribution is 0.192. The third-order valence-corrected chi connectivity index (χ3v) is 6.32. The summed E-state index contributed by atoms with van der Waals surface area (Å²) in [4.78, 5) is 14.6. The van der Waals surface area contributed by atoms with Crippen molar-refractivity contribution in [2.24, 2.45) is 0 Å². The number of piperidine rings is 1. The van der Waals surface area contributed by atoms with E-state index in [1.54, 1.807) is 55.5 Å². The predicted molar refractivity (Wildman–Crippen MR) is 117 cm³/mol. The molecule has 7 nitrogen and oxygen atoms in total. The highest BCUT2D eigenvalue weighted by molar-refractivity contribution is 7.14. The van der Waals surface area contributed by atoms with Crippen molar-refractivity contribution in [3.8, 4) is 22.1 Å². The average Bonchev–Trinajstić information content (AvgIpc) is 3.29. The van der Waals surface area contributed by atoms with Crippen LogP contribution in [0, 0.1) is 5.82 Å². The molecule has 162 valence electrons. The largest absolute Gasteiger partial charge is 0.497 e. The molecule has 0 radical (unpaired) electrons. The molecule has 2 amide bonds. The van der Waals surface area contributed by atoms with Crippen molar-refractivity contribution in [2.75, 3.05) is 32.6 Å². The van der Waals surface area contributed by atoms with Gasteiger partial charge in [0, 0.05) is 48.5 Å². The summed E-state index contributed by atoms with van der Waals surface area (Å²) in [5, 5.41) is 12.8. The van der Waals surface area contributed by atoms with Gasteiger partial charge in [-0.3, -0.25) is 0 Å². The molecule has 1 aliphatic heterocycles. The van der Waals surface area contributed by atoms with Gasteiger partial charge in [-0.2, -0.15) is 0 Å². The standard InChI is InChI=1S/C22H23FN4O3S/c1-29-16-10-15(11-17(12-16)30-2)24-22(28)27-9-5-6-14(13-27)20-25-26-21(31-20)18-7-3-4-8-19(18)23/h3-4,7-8,10-12,14H,5-6,9,13H2,1-2H3,(H,24,28). The lowest BCUT2D eigenvalue weighted by Gasteiger charge is -2.31. The second-order valence-electron chi connectivity index (χ2n) is 7.24. The molecular formula is C22H23FN4O3S. The molecule has 1 aromatic heterocycles. The minimum absolute atomic E-state index is 0.0670. The number of hydrogen-bond acceptors (Lipinski definition) is 6. The fraction of sp³-hybridized carbons (Fsp3) is 0.318. The molecule has 2 heterocycles. The number of hydrogen-bond donors (Lipinski definition) is 1. The summed E-state index contributed by atoms with van der Waals surface area (Å²) in [6.07, 6.45) is 1.76. The van der Waals surface area contributed by atoms with E-state index in [1.807, 2.05) is 0 Å². The van der Waals surface area contributed by atoms with Crippen LogP contribution in [-0.4, -0.2) is 48.4 Å². The minimum atomic E-state index is -0.316. The molecular weight excluding hydrogens is 419 g/mol. The van der Waals surface area contributed by atoms with Crippen LogP contribution >= 0.6 is 11.3 Å². The number of likely N-dealkylation sites (tertiary alicyclic amines) is 1. The van der Waals surface area contributed by atoms with Gasteiger partial charge in [0.1, 0.15) is 22.3 Å². The zero-order chi connectivity index (χ0) is 21.8. The van der Waals surface area contributed by atoms with Gasteiger partial charge in [0.25, 0.3) is 0 Å². The molecule has 3 aromatic rings. The maximum absolute atomic E-state index is 14.1. The number of nitrogens with one attached hydrogen (secondary N) is 1. The third-order valence-electron chi connectivity index (χ3n) is 5.21. The number of rotatable bonds is 5. The van der Waals surface area contributed by atoms with E-state index in [9.17, 15) is 9.18 Å². The fourth-order valence-corrected chi connectivity index (χ4v) is 4.58. The van der Waals surface area contributed by atoms with E-state index in [0.29, 0.717) is 40.8 Å². The Morgan fingerprint density at radius 1 is 1.16 bits per heavy atom. The normalized spacial score (nSPS) is 16.1. The molecule has 9 heteroatoms. The summed E-state index contributed by atoms with van der Waals surface area (Å²) < 4.78 is 24.6. The molecule has 0 bridgehead atoms. The fourth-order valence-electron chi connectivity index (χ4n) is 3.59. The topological polar surface area (TPSA) is 76.6 Å². The first-order valence-corrected chi connectivity index (χ1v) is 10.8. The van der Waals surface area contributed by atoms with E-state index in [-0.39, 0.29) is 17.8 Å². The highest BCUT2D eigenvalue weighted by Crippen LogP contribution is 2.34. The second kappa shape index (κ2) is 9.30. The number of urea groups is 1. The molecule has 1 saturated heterocycles. The van der Waals surface area contributed by atoms with Gasteiger partial charge in [0.2, 0.25) is 0 Å². The quantitative estimate of drug-likeness (QED) is 0.616. The second-order valence-corrected chi connectivity index (χ2v) is 8.25. The van der Waals surface area contributed by atoms with Crippen LogP contribution in [0.25, 0.3) is 10.6 Å². The zero-order valence-electron chi connectivity index (χ0n) is 17.3. The molecule has 1 N–H and O–H groups in total. The number of halogens is 1. The molecule has 1 fully saturated rings. The molecule has 1 atom stereocenters. The van der Waals surface area contributed by atoms with Crippen molar-refractivity contribution < 1.29 is 18.7 Å². The Morgan fingerprint density at radius 2 is 1.90 bits per heavy atom. The van der Waals surface area contributed by atoms with Gasteiger partial charge >= 0.3 is 6.03 Å². The smallest absolute Gasteiger partial charge is 0.321 e. The molecule has 0 aliphatic carbocycles. The van der Waals surface area contributed by atoms with Crippen molar-refractivity contribution in [1.82, 2.24) is 15.1 Å². The van der Waals surface area contributed by atoms with E-state index in [4.69, 9.17) is 9.47 Å². The molecule has 2 aromatic carbocycles. The van der Waals surface area contributed by atoms with Gasteiger partial charge in [0.05, 0.1) is 14.2 Å². The van der Waals surface area contributed by atoms with Crippen molar-refractivity contribution in [2.45, 2.75) is 18.8 Å². The predicted octanol–water partition coefficient (Wildman–Crippen LogP) is 4.77. The molecule has 1 aliphatic rings. The van der Waals surface area contributed by atoms with Crippen LogP contribution in [0.15, 0.2) is 42.5 Å². The maximum Gasteiger partial charge on any atom is 0.321 e. The van der Waals surface area contributed by atoms with Crippen LogP contribution < -0.4 is 14.8 Å². The monoisotopic (exact) mass is 442 g/mol. The number of aromatic nitrogens is 2. The van der Waals surface area contributed by atoms with E-state index >= 15 is 0 Å². The highest BCUT2D eigenvalue weighted by Gasteiger charge is 2.28. The zero-order valence-corrected chi connectivity index (χ0v) is 18.1. The van der Waals surface area contributed by atoms with E-state index in [2.05, 4.69) is 15.5 Å². The molecule has 1 unspecified atom stereocenters. The SMILES string of the molecule is COc1cc(NC(=O)N2CCCC(c3nnc(-c4ccccc4F)s3)C2)cc(OC)c1. The van der Waals surface area contributed by atoms with Crippen LogP contribution in [0.2, 0.25) is 0 Å². The van der Waals surface area contributed by atoms with Crippen LogP contribution in [-0.2, 0) is 0 Å². The number of carbonyl (C=O) groups excluding carboxylic acids is 1. The summed E-state index contributed by atoms with van der Waals surface area (Å²) in [5.74, 6) is 0.947. The van der Waals surface area contributed by atoms with Crippen molar-refractivity contribution in [1.29, 1.82) is 0 Å².